The summed E-state index contributed by atoms with van der Waals surface area (Å²) >= 11 is 0. The third-order valence-corrected chi connectivity index (χ3v) is 2.55. The highest BCUT2D eigenvalue weighted by atomic mass is 16.5. The average molecular weight is 315 g/mol. The maximum absolute atomic E-state index is 11.7. The molecule has 0 unspecified atom stereocenters. The SMILES string of the molecule is O=C([O-])COc1ccccc1/C=N\NC(=O)c1ccc(=O)[nH]n1. The van der Waals surface area contributed by atoms with Crippen molar-refractivity contribution in [1.29, 1.82) is 0 Å². The third kappa shape index (κ3) is 4.77. The van der Waals surface area contributed by atoms with E-state index in [1.54, 1.807) is 24.3 Å². The van der Waals surface area contributed by atoms with Gasteiger partial charge >= 0.3 is 0 Å². The Hall–Kier alpha value is -3.49. The number of amides is 1. The van der Waals surface area contributed by atoms with Crippen molar-refractivity contribution in [2.24, 2.45) is 5.10 Å². The first kappa shape index (κ1) is 15.9. The lowest BCUT2D eigenvalue weighted by Gasteiger charge is -2.08. The van der Waals surface area contributed by atoms with E-state index in [4.69, 9.17) is 4.74 Å². The zero-order valence-corrected chi connectivity index (χ0v) is 11.7. The van der Waals surface area contributed by atoms with E-state index in [0.29, 0.717) is 5.56 Å². The molecule has 2 rings (SSSR count). The Kier molecular flexibility index (Phi) is 5.18. The van der Waals surface area contributed by atoms with Crippen molar-refractivity contribution in [2.75, 3.05) is 6.61 Å². The van der Waals surface area contributed by atoms with E-state index in [2.05, 4.69) is 20.7 Å². The lowest BCUT2D eigenvalue weighted by Crippen LogP contribution is -2.29. The van der Waals surface area contributed by atoms with Crippen molar-refractivity contribution in [2.45, 2.75) is 0 Å². The fourth-order valence-electron chi connectivity index (χ4n) is 1.54. The molecule has 9 nitrogen and oxygen atoms in total. The zero-order valence-electron chi connectivity index (χ0n) is 11.7. The van der Waals surface area contributed by atoms with Crippen molar-refractivity contribution in [1.82, 2.24) is 15.6 Å². The molecule has 0 aliphatic carbocycles. The number of hydrazone groups is 1. The number of carbonyl (C=O) groups is 2. The summed E-state index contributed by atoms with van der Waals surface area (Å²) in [7, 11) is 0. The van der Waals surface area contributed by atoms with Gasteiger partial charge < -0.3 is 14.6 Å². The van der Waals surface area contributed by atoms with Crippen LogP contribution < -0.4 is 20.8 Å². The Labute approximate surface area is 129 Å². The minimum atomic E-state index is -1.35. The molecular formula is C14H11N4O5-. The molecule has 0 radical (unpaired) electrons. The van der Waals surface area contributed by atoms with E-state index in [9.17, 15) is 19.5 Å². The molecule has 0 bridgehead atoms. The number of aromatic nitrogens is 2. The summed E-state index contributed by atoms with van der Waals surface area (Å²) in [4.78, 5) is 33.0. The summed E-state index contributed by atoms with van der Waals surface area (Å²) in [6, 6.07) is 8.94. The number of carboxylic acids is 1. The second-order valence-corrected chi connectivity index (χ2v) is 4.20. The van der Waals surface area contributed by atoms with Gasteiger partial charge in [0.05, 0.1) is 12.2 Å². The highest BCUT2D eigenvalue weighted by Gasteiger charge is 2.06. The molecule has 9 heteroatoms. The minimum Gasteiger partial charge on any atom is -0.546 e. The van der Waals surface area contributed by atoms with Gasteiger partial charge in [-0.25, -0.2) is 10.5 Å². The largest absolute Gasteiger partial charge is 0.546 e. The number of nitrogens with one attached hydrogen (secondary N) is 2. The standard InChI is InChI=1S/C14H12N4O5/c19-12-6-5-10(16-17-12)14(22)18-15-7-9-3-1-2-4-11(9)23-8-13(20)21/h1-7H,8H2,(H,17,19)(H,18,22)(H,20,21)/p-1/b15-7-. The van der Waals surface area contributed by atoms with Crippen molar-refractivity contribution in [3.05, 3.63) is 58.0 Å². The number of carbonyl (C=O) groups excluding carboxylic acids is 2. The van der Waals surface area contributed by atoms with Crippen molar-refractivity contribution in [3.8, 4) is 5.75 Å². The van der Waals surface area contributed by atoms with Crippen LogP contribution >= 0.6 is 0 Å². The fourth-order valence-corrected chi connectivity index (χ4v) is 1.54. The lowest BCUT2D eigenvalue weighted by molar-refractivity contribution is -0.307. The summed E-state index contributed by atoms with van der Waals surface area (Å²) in [5.74, 6) is -1.70. The molecule has 0 aliphatic rings. The molecule has 0 saturated heterocycles. The number of carboxylic acid groups (broad SMARTS) is 1. The van der Waals surface area contributed by atoms with Crippen LogP contribution in [-0.4, -0.2) is 34.9 Å². The summed E-state index contributed by atoms with van der Waals surface area (Å²) in [5, 5.41) is 19.8. The van der Waals surface area contributed by atoms with Gasteiger partial charge in [-0.3, -0.25) is 9.59 Å². The molecule has 1 amide bonds. The first-order valence-corrected chi connectivity index (χ1v) is 6.37. The number of nitrogens with zero attached hydrogens (tertiary/aromatic N) is 2. The van der Waals surface area contributed by atoms with Crippen LogP contribution in [0.15, 0.2) is 46.3 Å². The molecular weight excluding hydrogens is 304 g/mol. The third-order valence-electron chi connectivity index (χ3n) is 2.55. The van der Waals surface area contributed by atoms with Gasteiger partial charge in [-0.2, -0.15) is 10.2 Å². The number of para-hydroxylation sites is 1. The van der Waals surface area contributed by atoms with Crippen LogP contribution in [0.25, 0.3) is 0 Å². The Morgan fingerprint density at radius 3 is 2.78 bits per heavy atom. The van der Waals surface area contributed by atoms with Gasteiger partial charge in [-0.15, -0.1) is 0 Å². The van der Waals surface area contributed by atoms with Crippen LogP contribution in [0.4, 0.5) is 0 Å². The van der Waals surface area contributed by atoms with Crippen LogP contribution in [0.3, 0.4) is 0 Å². The predicted molar refractivity (Wildman–Crippen MR) is 76.9 cm³/mol. The molecule has 2 N–H and O–H groups in total. The molecule has 0 aliphatic heterocycles. The number of rotatable bonds is 6. The predicted octanol–water partition coefficient (Wildman–Crippen LogP) is -1.34. The number of aromatic amines is 1. The summed E-state index contributed by atoms with van der Waals surface area (Å²) < 4.78 is 5.04. The van der Waals surface area contributed by atoms with Gasteiger partial charge in [-0.1, -0.05) is 12.1 Å². The first-order valence-electron chi connectivity index (χ1n) is 6.37. The monoisotopic (exact) mass is 315 g/mol. The van der Waals surface area contributed by atoms with Crippen LogP contribution in [0.5, 0.6) is 5.75 Å². The van der Waals surface area contributed by atoms with Crippen LogP contribution in [-0.2, 0) is 4.79 Å². The van der Waals surface area contributed by atoms with Gasteiger partial charge in [0.2, 0.25) is 0 Å². The highest BCUT2D eigenvalue weighted by molar-refractivity contribution is 5.93. The van der Waals surface area contributed by atoms with E-state index in [-0.39, 0.29) is 11.4 Å². The number of hydrogen-bond donors (Lipinski definition) is 2. The zero-order chi connectivity index (χ0) is 16.7. The minimum absolute atomic E-state index is 0.0109. The van der Waals surface area contributed by atoms with E-state index in [1.807, 2.05) is 0 Å². The number of ether oxygens (including phenoxy) is 1. The number of H-pyrrole nitrogens is 1. The maximum atomic E-state index is 11.7. The molecule has 2 aromatic rings. The topological polar surface area (TPSA) is 137 Å². The molecule has 118 valence electrons. The second-order valence-electron chi connectivity index (χ2n) is 4.20. The van der Waals surface area contributed by atoms with E-state index < -0.39 is 24.0 Å². The van der Waals surface area contributed by atoms with Crippen molar-refractivity contribution < 1.29 is 19.4 Å². The maximum Gasteiger partial charge on any atom is 0.291 e. The van der Waals surface area contributed by atoms with Crippen LogP contribution in [0.2, 0.25) is 0 Å². The normalized spacial score (nSPS) is 10.4. The van der Waals surface area contributed by atoms with Crippen molar-refractivity contribution in [3.63, 3.8) is 0 Å². The molecule has 0 fully saturated rings. The van der Waals surface area contributed by atoms with Gasteiger partial charge in [0.15, 0.2) is 5.69 Å². The molecule has 23 heavy (non-hydrogen) atoms. The number of benzene rings is 1. The fraction of sp³-hybridized carbons (Fsp3) is 0.0714. The molecule has 1 aromatic carbocycles. The smallest absolute Gasteiger partial charge is 0.291 e. The average Bonchev–Trinajstić information content (AvgIpc) is 2.54. The summed E-state index contributed by atoms with van der Waals surface area (Å²) in [6.45, 7) is -0.599. The van der Waals surface area contributed by atoms with E-state index >= 15 is 0 Å². The number of hydrogen-bond acceptors (Lipinski definition) is 7. The second kappa shape index (κ2) is 7.50. The Balaban J connectivity index is 2.02. The molecule has 0 saturated carbocycles. The summed E-state index contributed by atoms with van der Waals surface area (Å²) in [5.41, 5.74) is 2.24. The molecule has 0 spiro atoms. The lowest BCUT2D eigenvalue weighted by atomic mass is 10.2. The molecule has 1 aromatic heterocycles. The van der Waals surface area contributed by atoms with Gasteiger partial charge in [-0.05, 0) is 18.2 Å². The Morgan fingerprint density at radius 2 is 2.09 bits per heavy atom. The van der Waals surface area contributed by atoms with Crippen LogP contribution in [0, 0.1) is 0 Å². The number of aliphatic carboxylic acids is 1. The van der Waals surface area contributed by atoms with Gasteiger partial charge in [0.1, 0.15) is 12.4 Å². The van der Waals surface area contributed by atoms with Gasteiger partial charge in [0, 0.05) is 11.6 Å². The Bertz CT molecular complexity index is 779. The summed E-state index contributed by atoms with van der Waals surface area (Å²) in [6.07, 6.45) is 1.29. The van der Waals surface area contributed by atoms with Crippen LogP contribution in [0.1, 0.15) is 16.1 Å². The Morgan fingerprint density at radius 1 is 1.30 bits per heavy atom. The van der Waals surface area contributed by atoms with Crippen molar-refractivity contribution >= 4 is 18.1 Å². The van der Waals surface area contributed by atoms with Gasteiger partial charge in [0.25, 0.3) is 11.5 Å². The van der Waals surface area contributed by atoms with E-state index in [0.717, 1.165) is 6.07 Å². The van der Waals surface area contributed by atoms with E-state index in [1.165, 1.54) is 12.3 Å². The molecule has 0 atom stereocenters. The highest BCUT2D eigenvalue weighted by Crippen LogP contribution is 2.15. The molecule has 1 heterocycles. The quantitative estimate of drug-likeness (QED) is 0.500. The first-order chi connectivity index (χ1) is 11.1.